The minimum absolute atomic E-state index is 0.0867. The normalized spacial score (nSPS) is 21.2. The summed E-state index contributed by atoms with van der Waals surface area (Å²) < 4.78 is 0. The average Bonchev–Trinajstić information content (AvgIpc) is 3.09. The second-order valence-electron chi connectivity index (χ2n) is 5.77. The van der Waals surface area contributed by atoms with Gasteiger partial charge in [0, 0.05) is 24.1 Å². The number of H-pyrrole nitrogens is 1. The molecule has 5 heteroatoms. The standard InChI is InChI=1S/C17H22N4S/c1-3-4-11-21-16(14-9-8-12(2)19-14)15(20-17(21)22)13-7-5-6-10-18-13/h5-10,15-16,19H,3-4,11H2,1-2H3,(H,20,22)/t15-,16-/m1/s1. The van der Waals surface area contributed by atoms with Gasteiger partial charge in [0.05, 0.1) is 17.8 Å². The molecular formula is C17H22N4S. The van der Waals surface area contributed by atoms with Gasteiger partial charge in [-0.2, -0.15) is 0 Å². The Morgan fingerprint density at radius 2 is 2.14 bits per heavy atom. The average molecular weight is 314 g/mol. The Morgan fingerprint density at radius 3 is 2.77 bits per heavy atom. The van der Waals surface area contributed by atoms with E-state index in [0.717, 1.165) is 30.2 Å². The van der Waals surface area contributed by atoms with Crippen LogP contribution in [0.3, 0.4) is 0 Å². The lowest BCUT2D eigenvalue weighted by molar-refractivity contribution is 0.307. The summed E-state index contributed by atoms with van der Waals surface area (Å²) in [6, 6.07) is 10.6. The lowest BCUT2D eigenvalue weighted by Gasteiger charge is -2.26. The van der Waals surface area contributed by atoms with E-state index in [4.69, 9.17) is 12.2 Å². The molecule has 2 N–H and O–H groups in total. The monoisotopic (exact) mass is 314 g/mol. The first-order valence-corrected chi connectivity index (χ1v) is 8.25. The summed E-state index contributed by atoms with van der Waals surface area (Å²) in [5, 5.41) is 4.28. The Hall–Kier alpha value is -1.88. The minimum Gasteiger partial charge on any atom is -0.361 e. The van der Waals surface area contributed by atoms with Gasteiger partial charge in [0.2, 0.25) is 0 Å². The van der Waals surface area contributed by atoms with Crippen molar-refractivity contribution in [3.05, 3.63) is 53.6 Å². The zero-order valence-electron chi connectivity index (χ0n) is 13.0. The third-order valence-electron chi connectivity index (χ3n) is 4.12. The number of aryl methyl sites for hydroxylation is 1. The van der Waals surface area contributed by atoms with Crippen LogP contribution in [-0.4, -0.2) is 26.5 Å². The fourth-order valence-electron chi connectivity index (χ4n) is 3.01. The van der Waals surface area contributed by atoms with E-state index in [0.29, 0.717) is 0 Å². The number of thiocarbonyl (C=S) groups is 1. The van der Waals surface area contributed by atoms with Gasteiger partial charge in [-0.05, 0) is 49.8 Å². The maximum atomic E-state index is 5.59. The fraction of sp³-hybridized carbons (Fsp3) is 0.412. The van der Waals surface area contributed by atoms with Crippen LogP contribution in [-0.2, 0) is 0 Å². The van der Waals surface area contributed by atoms with Gasteiger partial charge >= 0.3 is 0 Å². The van der Waals surface area contributed by atoms with Crippen LogP contribution in [0.15, 0.2) is 36.5 Å². The first-order chi connectivity index (χ1) is 10.7. The third-order valence-corrected chi connectivity index (χ3v) is 4.48. The Morgan fingerprint density at radius 1 is 1.27 bits per heavy atom. The van der Waals surface area contributed by atoms with Gasteiger partial charge in [-0.1, -0.05) is 19.4 Å². The van der Waals surface area contributed by atoms with Gasteiger partial charge in [-0.3, -0.25) is 4.98 Å². The first-order valence-electron chi connectivity index (χ1n) is 7.84. The molecule has 116 valence electrons. The Bertz CT molecular complexity index is 637. The van der Waals surface area contributed by atoms with Crippen LogP contribution in [0.4, 0.5) is 0 Å². The summed E-state index contributed by atoms with van der Waals surface area (Å²) in [6.45, 7) is 5.25. The molecule has 1 aliphatic rings. The van der Waals surface area contributed by atoms with Crippen molar-refractivity contribution in [1.29, 1.82) is 0 Å². The SMILES string of the molecule is CCCCN1C(=S)N[C@H](c2ccccn2)[C@H]1c1ccc(C)[nH]1. The van der Waals surface area contributed by atoms with Crippen molar-refractivity contribution in [3.8, 4) is 0 Å². The van der Waals surface area contributed by atoms with Gasteiger partial charge in [-0.15, -0.1) is 0 Å². The van der Waals surface area contributed by atoms with E-state index in [-0.39, 0.29) is 12.1 Å². The molecular weight excluding hydrogens is 292 g/mol. The van der Waals surface area contributed by atoms with Crippen molar-refractivity contribution in [2.24, 2.45) is 0 Å². The zero-order valence-corrected chi connectivity index (χ0v) is 13.9. The smallest absolute Gasteiger partial charge is 0.170 e. The summed E-state index contributed by atoms with van der Waals surface area (Å²) in [5.41, 5.74) is 3.39. The van der Waals surface area contributed by atoms with Gasteiger partial charge in [0.15, 0.2) is 5.11 Å². The summed E-state index contributed by atoms with van der Waals surface area (Å²) in [6.07, 6.45) is 4.13. The molecule has 0 aromatic carbocycles. The topological polar surface area (TPSA) is 44.0 Å². The predicted octanol–water partition coefficient (Wildman–Crippen LogP) is 3.49. The van der Waals surface area contributed by atoms with Crippen LogP contribution in [0.1, 0.15) is 48.9 Å². The Kier molecular flexibility index (Phi) is 4.43. The highest BCUT2D eigenvalue weighted by atomic mass is 32.1. The van der Waals surface area contributed by atoms with Crippen molar-refractivity contribution in [2.75, 3.05) is 6.54 Å². The second kappa shape index (κ2) is 6.48. The fourth-order valence-corrected chi connectivity index (χ4v) is 3.34. The number of nitrogens with zero attached hydrogens (tertiary/aromatic N) is 2. The zero-order chi connectivity index (χ0) is 15.5. The van der Waals surface area contributed by atoms with E-state index in [1.165, 1.54) is 11.4 Å². The number of hydrogen-bond donors (Lipinski definition) is 2. The van der Waals surface area contributed by atoms with E-state index in [9.17, 15) is 0 Å². The lowest BCUT2D eigenvalue weighted by atomic mass is 10.0. The van der Waals surface area contributed by atoms with Gasteiger partial charge in [-0.25, -0.2) is 0 Å². The molecule has 1 fully saturated rings. The molecule has 0 spiro atoms. The van der Waals surface area contributed by atoms with Crippen LogP contribution >= 0.6 is 12.2 Å². The van der Waals surface area contributed by atoms with Gasteiger partial charge in [0.25, 0.3) is 0 Å². The number of aromatic nitrogens is 2. The Labute approximate surface area is 136 Å². The summed E-state index contributed by atoms with van der Waals surface area (Å²) >= 11 is 5.59. The van der Waals surface area contributed by atoms with Crippen LogP contribution in [0.25, 0.3) is 0 Å². The van der Waals surface area contributed by atoms with Crippen LogP contribution in [0.2, 0.25) is 0 Å². The number of aromatic amines is 1. The summed E-state index contributed by atoms with van der Waals surface area (Å²) in [7, 11) is 0. The van der Waals surface area contributed by atoms with Crippen molar-refractivity contribution in [2.45, 2.75) is 38.8 Å². The van der Waals surface area contributed by atoms with E-state index in [1.807, 2.05) is 18.3 Å². The molecule has 2 aromatic heterocycles. The van der Waals surface area contributed by atoms with E-state index < -0.39 is 0 Å². The number of nitrogens with one attached hydrogen (secondary N) is 2. The quantitative estimate of drug-likeness (QED) is 0.829. The number of hydrogen-bond acceptors (Lipinski definition) is 2. The summed E-state index contributed by atoms with van der Waals surface area (Å²) in [5.74, 6) is 0. The predicted molar refractivity (Wildman–Crippen MR) is 92.6 cm³/mol. The molecule has 3 rings (SSSR count). The molecule has 0 bridgehead atoms. The molecule has 2 aromatic rings. The van der Waals surface area contributed by atoms with Crippen molar-refractivity contribution in [1.82, 2.24) is 20.2 Å². The maximum absolute atomic E-state index is 5.59. The third kappa shape index (κ3) is 2.86. The molecule has 0 aliphatic carbocycles. The second-order valence-corrected chi connectivity index (χ2v) is 6.16. The molecule has 1 aliphatic heterocycles. The van der Waals surface area contributed by atoms with Gasteiger partial charge in [0.1, 0.15) is 0 Å². The molecule has 0 unspecified atom stereocenters. The summed E-state index contributed by atoms with van der Waals surface area (Å²) in [4.78, 5) is 10.3. The highest BCUT2D eigenvalue weighted by molar-refractivity contribution is 7.80. The molecule has 3 heterocycles. The molecule has 2 atom stereocenters. The van der Waals surface area contributed by atoms with E-state index >= 15 is 0 Å². The van der Waals surface area contributed by atoms with Crippen LogP contribution in [0, 0.1) is 6.92 Å². The largest absolute Gasteiger partial charge is 0.361 e. The molecule has 1 saturated heterocycles. The minimum atomic E-state index is 0.0867. The molecule has 22 heavy (non-hydrogen) atoms. The molecule has 0 saturated carbocycles. The highest BCUT2D eigenvalue weighted by Crippen LogP contribution is 2.38. The van der Waals surface area contributed by atoms with Crippen LogP contribution < -0.4 is 5.32 Å². The van der Waals surface area contributed by atoms with Crippen molar-refractivity contribution >= 4 is 17.3 Å². The van der Waals surface area contributed by atoms with Crippen molar-refractivity contribution in [3.63, 3.8) is 0 Å². The molecule has 4 nitrogen and oxygen atoms in total. The number of rotatable bonds is 5. The molecule has 0 amide bonds. The lowest BCUT2D eigenvalue weighted by Crippen LogP contribution is -2.30. The number of unbranched alkanes of at least 4 members (excludes halogenated alkanes) is 1. The molecule has 0 radical (unpaired) electrons. The van der Waals surface area contributed by atoms with Gasteiger partial charge < -0.3 is 15.2 Å². The first kappa shape index (κ1) is 15.0. The Balaban J connectivity index is 1.96. The number of pyridine rings is 1. The maximum Gasteiger partial charge on any atom is 0.170 e. The van der Waals surface area contributed by atoms with Crippen molar-refractivity contribution < 1.29 is 0 Å². The van der Waals surface area contributed by atoms with E-state index in [2.05, 4.69) is 52.2 Å². The van der Waals surface area contributed by atoms with Crippen LogP contribution in [0.5, 0.6) is 0 Å². The van der Waals surface area contributed by atoms with E-state index in [1.54, 1.807) is 0 Å². The highest BCUT2D eigenvalue weighted by Gasteiger charge is 2.39.